The smallest absolute Gasteiger partial charge is 0.146 e. The molecule has 0 saturated carbocycles. The van der Waals surface area contributed by atoms with Crippen LogP contribution in [0.15, 0.2) is 48.5 Å². The minimum atomic E-state index is -0.364. The summed E-state index contributed by atoms with van der Waals surface area (Å²) in [5, 5.41) is 3.37. The summed E-state index contributed by atoms with van der Waals surface area (Å²) in [5.41, 5.74) is 8.74. The van der Waals surface area contributed by atoms with Gasteiger partial charge in [0.2, 0.25) is 0 Å². The first-order valence-electron chi connectivity index (χ1n) is 7.06. The third-order valence-electron chi connectivity index (χ3n) is 4.18. The van der Waals surface area contributed by atoms with Crippen LogP contribution in [0.3, 0.4) is 0 Å². The Kier molecular flexibility index (Phi) is 3.45. The predicted octanol–water partition coefficient (Wildman–Crippen LogP) is 3.43. The fraction of sp³-hybridized carbons (Fsp3) is 0.294. The van der Waals surface area contributed by atoms with E-state index in [4.69, 9.17) is 5.73 Å². The Morgan fingerprint density at radius 2 is 1.85 bits per heavy atom. The molecular formula is C17H19FN2. The molecule has 1 atom stereocenters. The first-order valence-corrected chi connectivity index (χ1v) is 7.06. The molecule has 0 aliphatic heterocycles. The highest BCUT2D eigenvalue weighted by Gasteiger charge is 2.35. The number of nitrogens with one attached hydrogen (secondary N) is 1. The van der Waals surface area contributed by atoms with Crippen molar-refractivity contribution >= 4 is 5.69 Å². The zero-order chi connectivity index (χ0) is 14.0. The summed E-state index contributed by atoms with van der Waals surface area (Å²) in [5.74, 6) is -0.233. The maximum atomic E-state index is 13.9. The van der Waals surface area contributed by atoms with E-state index in [1.165, 1.54) is 17.2 Å². The van der Waals surface area contributed by atoms with Gasteiger partial charge in [-0.1, -0.05) is 36.4 Å². The molecule has 0 fully saturated rings. The first-order chi connectivity index (χ1) is 9.75. The van der Waals surface area contributed by atoms with Crippen molar-refractivity contribution < 1.29 is 4.39 Å². The molecule has 0 bridgehead atoms. The summed E-state index contributed by atoms with van der Waals surface area (Å²) in [4.78, 5) is 0. The second-order valence-electron chi connectivity index (χ2n) is 5.40. The molecule has 0 aromatic heterocycles. The average Bonchev–Trinajstić information content (AvgIpc) is 2.50. The van der Waals surface area contributed by atoms with Crippen molar-refractivity contribution in [1.29, 1.82) is 0 Å². The lowest BCUT2D eigenvalue weighted by atomic mass is 9.76. The Labute approximate surface area is 118 Å². The van der Waals surface area contributed by atoms with Crippen LogP contribution in [0.25, 0.3) is 0 Å². The van der Waals surface area contributed by atoms with E-state index in [9.17, 15) is 4.39 Å². The van der Waals surface area contributed by atoms with E-state index in [-0.39, 0.29) is 11.4 Å². The second-order valence-corrected chi connectivity index (χ2v) is 5.40. The maximum absolute atomic E-state index is 13.9. The first kappa shape index (κ1) is 13.1. The highest BCUT2D eigenvalue weighted by molar-refractivity contribution is 5.51. The highest BCUT2D eigenvalue weighted by atomic mass is 19.1. The van der Waals surface area contributed by atoms with Crippen LogP contribution in [0, 0.1) is 5.82 Å². The van der Waals surface area contributed by atoms with Crippen molar-refractivity contribution in [2.45, 2.75) is 24.8 Å². The van der Waals surface area contributed by atoms with Crippen LogP contribution < -0.4 is 11.1 Å². The number of aryl methyl sites for hydroxylation is 1. The minimum Gasteiger partial charge on any atom is -0.372 e. The quantitative estimate of drug-likeness (QED) is 0.896. The zero-order valence-electron chi connectivity index (χ0n) is 11.4. The molecule has 20 heavy (non-hydrogen) atoms. The number of fused-ring (bicyclic) bond motifs is 1. The summed E-state index contributed by atoms with van der Waals surface area (Å²) >= 11 is 0. The van der Waals surface area contributed by atoms with Crippen LogP contribution in [-0.2, 0) is 12.0 Å². The topological polar surface area (TPSA) is 38.0 Å². The zero-order valence-corrected chi connectivity index (χ0v) is 11.4. The van der Waals surface area contributed by atoms with E-state index in [2.05, 4.69) is 23.5 Å². The number of rotatable bonds is 3. The van der Waals surface area contributed by atoms with E-state index >= 15 is 0 Å². The summed E-state index contributed by atoms with van der Waals surface area (Å²) in [6.45, 7) is 0.457. The molecule has 1 unspecified atom stereocenters. The number of halogens is 1. The molecule has 0 heterocycles. The molecular weight excluding hydrogens is 251 g/mol. The van der Waals surface area contributed by atoms with Crippen molar-refractivity contribution in [2.24, 2.45) is 5.73 Å². The van der Waals surface area contributed by atoms with Crippen LogP contribution in [0.5, 0.6) is 0 Å². The Hall–Kier alpha value is -1.87. The normalized spacial score (nSPS) is 21.3. The molecule has 0 radical (unpaired) electrons. The van der Waals surface area contributed by atoms with Crippen LogP contribution in [-0.4, -0.2) is 6.54 Å². The molecule has 2 aromatic rings. The third kappa shape index (κ3) is 2.18. The van der Waals surface area contributed by atoms with Crippen LogP contribution in [0.2, 0.25) is 0 Å². The van der Waals surface area contributed by atoms with Gasteiger partial charge in [0.15, 0.2) is 0 Å². The molecule has 0 amide bonds. The fourth-order valence-electron chi connectivity index (χ4n) is 3.13. The van der Waals surface area contributed by atoms with Gasteiger partial charge in [0.05, 0.1) is 11.2 Å². The summed E-state index contributed by atoms with van der Waals surface area (Å²) in [7, 11) is 0. The molecule has 1 aliphatic rings. The van der Waals surface area contributed by atoms with Crippen LogP contribution in [0.4, 0.5) is 10.1 Å². The lowest BCUT2D eigenvalue weighted by Crippen LogP contribution is -2.45. The summed E-state index contributed by atoms with van der Waals surface area (Å²) < 4.78 is 13.9. The van der Waals surface area contributed by atoms with E-state index in [0.29, 0.717) is 12.2 Å². The Bertz CT molecular complexity index is 611. The molecule has 2 nitrogen and oxygen atoms in total. The molecule has 1 aliphatic carbocycles. The average molecular weight is 270 g/mol. The summed E-state index contributed by atoms with van der Waals surface area (Å²) in [6, 6.07) is 15.1. The third-order valence-corrected chi connectivity index (χ3v) is 4.18. The number of benzene rings is 2. The standard InChI is InChI=1S/C17H19FN2/c18-15-9-3-4-10-16(15)20-17(12-19)11-5-7-13-6-1-2-8-14(13)17/h1-4,6,8-10,20H,5,7,11-12,19H2. The van der Waals surface area contributed by atoms with Crippen LogP contribution >= 0.6 is 0 Å². The van der Waals surface area contributed by atoms with E-state index in [1.807, 2.05) is 12.1 Å². The van der Waals surface area contributed by atoms with Crippen molar-refractivity contribution in [1.82, 2.24) is 0 Å². The van der Waals surface area contributed by atoms with E-state index in [1.54, 1.807) is 12.1 Å². The Morgan fingerprint density at radius 3 is 2.65 bits per heavy atom. The van der Waals surface area contributed by atoms with Crippen molar-refractivity contribution in [3.8, 4) is 0 Å². The van der Waals surface area contributed by atoms with Gasteiger partial charge in [0.1, 0.15) is 5.82 Å². The van der Waals surface area contributed by atoms with Crippen molar-refractivity contribution in [3.05, 3.63) is 65.5 Å². The van der Waals surface area contributed by atoms with Gasteiger partial charge in [-0.25, -0.2) is 4.39 Å². The van der Waals surface area contributed by atoms with Gasteiger partial charge in [0.25, 0.3) is 0 Å². The Balaban J connectivity index is 2.03. The van der Waals surface area contributed by atoms with Gasteiger partial charge in [-0.3, -0.25) is 0 Å². The lowest BCUT2D eigenvalue weighted by molar-refractivity contribution is 0.415. The van der Waals surface area contributed by atoms with Gasteiger partial charge in [-0.2, -0.15) is 0 Å². The molecule has 3 N–H and O–H groups in total. The fourth-order valence-corrected chi connectivity index (χ4v) is 3.13. The number of para-hydroxylation sites is 1. The number of nitrogens with two attached hydrogens (primary N) is 1. The second kappa shape index (κ2) is 5.25. The number of anilines is 1. The van der Waals surface area contributed by atoms with Crippen molar-refractivity contribution in [3.63, 3.8) is 0 Å². The SMILES string of the molecule is NCC1(Nc2ccccc2F)CCCc2ccccc21. The minimum absolute atomic E-state index is 0.233. The van der Waals surface area contributed by atoms with Gasteiger partial charge >= 0.3 is 0 Å². The molecule has 0 spiro atoms. The Morgan fingerprint density at radius 1 is 1.10 bits per heavy atom. The number of hydrogen-bond acceptors (Lipinski definition) is 2. The molecule has 3 heteroatoms. The van der Waals surface area contributed by atoms with Gasteiger partial charge in [-0.05, 0) is 42.5 Å². The van der Waals surface area contributed by atoms with Gasteiger partial charge in [-0.15, -0.1) is 0 Å². The van der Waals surface area contributed by atoms with Crippen molar-refractivity contribution in [2.75, 3.05) is 11.9 Å². The predicted molar refractivity (Wildman–Crippen MR) is 80.1 cm³/mol. The lowest BCUT2D eigenvalue weighted by Gasteiger charge is -2.40. The number of hydrogen-bond donors (Lipinski definition) is 2. The molecule has 3 rings (SSSR count). The van der Waals surface area contributed by atoms with Gasteiger partial charge < -0.3 is 11.1 Å². The van der Waals surface area contributed by atoms with Gasteiger partial charge in [0, 0.05) is 6.54 Å². The monoisotopic (exact) mass is 270 g/mol. The molecule has 104 valence electrons. The highest BCUT2D eigenvalue weighted by Crippen LogP contribution is 2.37. The molecule has 0 saturated heterocycles. The maximum Gasteiger partial charge on any atom is 0.146 e. The summed E-state index contributed by atoms with van der Waals surface area (Å²) in [6.07, 6.45) is 3.06. The van der Waals surface area contributed by atoms with E-state index < -0.39 is 0 Å². The van der Waals surface area contributed by atoms with Crippen LogP contribution in [0.1, 0.15) is 24.0 Å². The van der Waals surface area contributed by atoms with E-state index in [0.717, 1.165) is 19.3 Å². The molecule has 2 aromatic carbocycles. The largest absolute Gasteiger partial charge is 0.372 e.